The van der Waals surface area contributed by atoms with Crippen LogP contribution in [0.1, 0.15) is 0 Å². The van der Waals surface area contributed by atoms with Crippen molar-refractivity contribution in [2.24, 2.45) is 0 Å². The van der Waals surface area contributed by atoms with Gasteiger partial charge >= 0.3 is 0 Å². The molecule has 0 aliphatic heterocycles. The fourth-order valence-electron chi connectivity index (χ4n) is 0.863. The highest BCUT2D eigenvalue weighted by molar-refractivity contribution is 7.85. The van der Waals surface area contributed by atoms with Crippen LogP contribution in [-0.2, 0) is 10.8 Å². The number of rotatable bonds is 3. The lowest BCUT2D eigenvalue weighted by atomic mass is 10.6. The Labute approximate surface area is 81.9 Å². The standard InChI is InChI=1S/C7H9N3O3S/c1-2-3-14(13)4-5(11)9-7(8)10-6(4)12/h2H,1,3H2,(H4,8,9,10,11,12). The minimum absolute atomic E-state index is 0.0717. The zero-order valence-corrected chi connectivity index (χ0v) is 8.00. The van der Waals surface area contributed by atoms with Crippen molar-refractivity contribution in [1.82, 2.24) is 9.97 Å². The third-order valence-corrected chi connectivity index (χ3v) is 2.74. The molecule has 0 amide bonds. The first-order valence-corrected chi connectivity index (χ1v) is 4.96. The van der Waals surface area contributed by atoms with E-state index in [4.69, 9.17) is 5.73 Å². The lowest BCUT2D eigenvalue weighted by molar-refractivity contribution is 0.436. The van der Waals surface area contributed by atoms with E-state index in [-0.39, 0.29) is 16.6 Å². The molecule has 1 rings (SSSR count). The second-order valence-corrected chi connectivity index (χ2v) is 3.84. The minimum atomic E-state index is -1.64. The molecule has 14 heavy (non-hydrogen) atoms. The molecule has 0 saturated heterocycles. The van der Waals surface area contributed by atoms with Gasteiger partial charge in [0.1, 0.15) is 0 Å². The van der Waals surface area contributed by atoms with Crippen LogP contribution in [0.2, 0.25) is 0 Å². The first kappa shape index (κ1) is 10.5. The molecule has 0 aliphatic carbocycles. The molecule has 0 bridgehead atoms. The molecule has 4 N–H and O–H groups in total. The Morgan fingerprint density at radius 3 is 2.86 bits per heavy atom. The van der Waals surface area contributed by atoms with Gasteiger partial charge in [-0.1, -0.05) is 6.08 Å². The SMILES string of the molecule is C=CCS(=O)c1c(O)nc(N)[nH]c1=O. The minimum Gasteiger partial charge on any atom is -0.492 e. The molecule has 1 heterocycles. The maximum absolute atomic E-state index is 11.4. The summed E-state index contributed by atoms with van der Waals surface area (Å²) in [7, 11) is -1.64. The van der Waals surface area contributed by atoms with Gasteiger partial charge in [-0.2, -0.15) is 4.98 Å². The first-order valence-electron chi connectivity index (χ1n) is 3.64. The Balaban J connectivity index is 3.28. The zero-order valence-electron chi connectivity index (χ0n) is 7.19. The molecule has 0 saturated carbocycles. The van der Waals surface area contributed by atoms with E-state index in [2.05, 4.69) is 16.5 Å². The number of aromatic amines is 1. The second-order valence-electron chi connectivity index (χ2n) is 2.40. The molecule has 76 valence electrons. The number of H-pyrrole nitrogens is 1. The molecular formula is C7H9N3O3S. The Bertz CT molecular complexity index is 440. The van der Waals surface area contributed by atoms with E-state index >= 15 is 0 Å². The topological polar surface area (TPSA) is 109 Å². The summed E-state index contributed by atoms with van der Waals surface area (Å²) in [5.41, 5.74) is 4.46. The van der Waals surface area contributed by atoms with Crippen molar-refractivity contribution in [2.45, 2.75) is 4.90 Å². The van der Waals surface area contributed by atoms with Crippen molar-refractivity contribution in [2.75, 3.05) is 11.5 Å². The van der Waals surface area contributed by atoms with Crippen LogP contribution >= 0.6 is 0 Å². The number of nitrogens with two attached hydrogens (primary N) is 1. The smallest absolute Gasteiger partial charge is 0.272 e. The van der Waals surface area contributed by atoms with Crippen molar-refractivity contribution in [1.29, 1.82) is 0 Å². The lowest BCUT2D eigenvalue weighted by Gasteiger charge is -2.01. The molecular weight excluding hydrogens is 206 g/mol. The normalized spacial score (nSPS) is 12.3. The summed E-state index contributed by atoms with van der Waals surface area (Å²) in [6, 6.07) is 0. The highest BCUT2D eigenvalue weighted by Crippen LogP contribution is 2.13. The van der Waals surface area contributed by atoms with Crippen LogP contribution in [0.4, 0.5) is 5.95 Å². The van der Waals surface area contributed by atoms with Crippen LogP contribution < -0.4 is 11.3 Å². The Morgan fingerprint density at radius 2 is 2.36 bits per heavy atom. The van der Waals surface area contributed by atoms with E-state index in [1.165, 1.54) is 6.08 Å². The molecule has 0 radical (unpaired) electrons. The van der Waals surface area contributed by atoms with Gasteiger partial charge in [-0.15, -0.1) is 6.58 Å². The van der Waals surface area contributed by atoms with Crippen molar-refractivity contribution < 1.29 is 9.32 Å². The van der Waals surface area contributed by atoms with Crippen molar-refractivity contribution in [3.8, 4) is 5.88 Å². The highest BCUT2D eigenvalue weighted by atomic mass is 32.2. The van der Waals surface area contributed by atoms with E-state index in [0.717, 1.165) is 0 Å². The number of nitrogen functional groups attached to an aromatic ring is 1. The molecule has 7 heteroatoms. The highest BCUT2D eigenvalue weighted by Gasteiger charge is 2.15. The Morgan fingerprint density at radius 1 is 1.71 bits per heavy atom. The molecule has 0 fully saturated rings. The average Bonchev–Trinajstić information content (AvgIpc) is 2.01. The van der Waals surface area contributed by atoms with E-state index in [0.29, 0.717) is 0 Å². The number of aromatic nitrogens is 2. The van der Waals surface area contributed by atoms with Crippen LogP contribution in [0.3, 0.4) is 0 Å². The predicted octanol–water partition coefficient (Wildman–Crippen LogP) is -0.649. The van der Waals surface area contributed by atoms with Crippen LogP contribution in [0.5, 0.6) is 5.88 Å². The number of hydrogen-bond donors (Lipinski definition) is 3. The summed E-state index contributed by atoms with van der Waals surface area (Å²) in [6.07, 6.45) is 1.38. The van der Waals surface area contributed by atoms with Gasteiger partial charge in [-0.25, -0.2) is 0 Å². The lowest BCUT2D eigenvalue weighted by Crippen LogP contribution is -2.18. The number of nitrogens with zero attached hydrogens (tertiary/aromatic N) is 1. The van der Waals surface area contributed by atoms with Crippen LogP contribution in [0.25, 0.3) is 0 Å². The van der Waals surface area contributed by atoms with Crippen molar-refractivity contribution in [3.63, 3.8) is 0 Å². The van der Waals surface area contributed by atoms with E-state index in [1.807, 2.05) is 0 Å². The summed E-state index contributed by atoms with van der Waals surface area (Å²) in [4.78, 5) is 16.5. The molecule has 0 spiro atoms. The number of aromatic hydroxyl groups is 1. The predicted molar refractivity (Wildman–Crippen MR) is 52.4 cm³/mol. The molecule has 0 aromatic carbocycles. The van der Waals surface area contributed by atoms with Gasteiger partial charge in [0, 0.05) is 5.75 Å². The largest absolute Gasteiger partial charge is 0.492 e. The number of nitrogens with one attached hydrogen (secondary N) is 1. The van der Waals surface area contributed by atoms with Crippen LogP contribution in [0, 0.1) is 0 Å². The molecule has 6 nitrogen and oxygen atoms in total. The van der Waals surface area contributed by atoms with Crippen molar-refractivity contribution in [3.05, 3.63) is 23.0 Å². The maximum Gasteiger partial charge on any atom is 0.272 e. The molecule has 1 aromatic heterocycles. The summed E-state index contributed by atoms with van der Waals surface area (Å²) in [5.74, 6) is -0.749. The van der Waals surface area contributed by atoms with Gasteiger partial charge in [0.05, 0.1) is 10.8 Å². The summed E-state index contributed by atoms with van der Waals surface area (Å²) in [5, 5.41) is 9.23. The van der Waals surface area contributed by atoms with Crippen LogP contribution in [-0.4, -0.2) is 25.0 Å². The molecule has 0 aliphatic rings. The van der Waals surface area contributed by atoms with E-state index < -0.39 is 22.2 Å². The fourth-order valence-corrected chi connectivity index (χ4v) is 1.75. The average molecular weight is 215 g/mol. The Hall–Kier alpha value is -1.63. The monoisotopic (exact) mass is 215 g/mol. The van der Waals surface area contributed by atoms with Gasteiger partial charge in [0.15, 0.2) is 4.90 Å². The first-order chi connectivity index (χ1) is 6.56. The van der Waals surface area contributed by atoms with Gasteiger partial charge in [0.2, 0.25) is 11.8 Å². The summed E-state index contributed by atoms with van der Waals surface area (Å²) >= 11 is 0. The molecule has 1 aromatic rings. The quantitative estimate of drug-likeness (QED) is 0.580. The fraction of sp³-hybridized carbons (Fsp3) is 0.143. The van der Waals surface area contributed by atoms with Gasteiger partial charge < -0.3 is 10.8 Å². The zero-order chi connectivity index (χ0) is 10.7. The van der Waals surface area contributed by atoms with E-state index in [9.17, 15) is 14.1 Å². The number of anilines is 1. The summed E-state index contributed by atoms with van der Waals surface area (Å²) in [6.45, 7) is 3.37. The molecule has 1 atom stereocenters. The van der Waals surface area contributed by atoms with E-state index in [1.54, 1.807) is 0 Å². The second kappa shape index (κ2) is 4.05. The summed E-state index contributed by atoms with van der Waals surface area (Å²) < 4.78 is 11.4. The van der Waals surface area contributed by atoms with Gasteiger partial charge in [-0.3, -0.25) is 14.0 Å². The maximum atomic E-state index is 11.4. The number of hydrogen-bond acceptors (Lipinski definition) is 5. The Kier molecular flexibility index (Phi) is 3.03. The van der Waals surface area contributed by atoms with Crippen molar-refractivity contribution >= 4 is 16.7 Å². The van der Waals surface area contributed by atoms with Gasteiger partial charge in [0.25, 0.3) is 5.56 Å². The third-order valence-electron chi connectivity index (χ3n) is 1.37. The van der Waals surface area contributed by atoms with Crippen LogP contribution in [0.15, 0.2) is 22.3 Å². The van der Waals surface area contributed by atoms with Gasteiger partial charge in [-0.05, 0) is 0 Å². The third kappa shape index (κ3) is 1.99. The molecule has 1 unspecified atom stereocenters.